The molecule has 118 valence electrons. The molecule has 2 rings (SSSR count). The van der Waals surface area contributed by atoms with Crippen LogP contribution in [0.25, 0.3) is 0 Å². The number of nitrogens with one attached hydrogen (secondary N) is 1. The van der Waals surface area contributed by atoms with E-state index < -0.39 is 29.0 Å². The van der Waals surface area contributed by atoms with Crippen LogP contribution in [0.2, 0.25) is 0 Å². The normalized spacial score (nSPS) is 16.0. The lowest BCUT2D eigenvalue weighted by Gasteiger charge is -2.17. The summed E-state index contributed by atoms with van der Waals surface area (Å²) in [6.07, 6.45) is -2.80. The van der Waals surface area contributed by atoms with Gasteiger partial charge in [0.2, 0.25) is 0 Å². The van der Waals surface area contributed by atoms with Gasteiger partial charge in [-0.15, -0.1) is 12.4 Å². The first-order valence-electron chi connectivity index (χ1n) is 6.20. The largest absolute Gasteiger partial charge is 0.416 e. The fraction of sp³-hybridized carbons (Fsp3) is 0.462. The first-order chi connectivity index (χ1) is 9.32. The van der Waals surface area contributed by atoms with E-state index in [0.29, 0.717) is 18.2 Å². The molecule has 0 heterocycles. The van der Waals surface area contributed by atoms with Crippen LogP contribution in [0.1, 0.15) is 28.8 Å². The molecule has 1 aromatic rings. The van der Waals surface area contributed by atoms with E-state index in [2.05, 4.69) is 5.32 Å². The highest BCUT2D eigenvalue weighted by molar-refractivity contribution is 5.95. The molecule has 1 amide bonds. The molecule has 0 aromatic heterocycles. The summed E-state index contributed by atoms with van der Waals surface area (Å²) in [7, 11) is 0. The Morgan fingerprint density at radius 3 is 2.48 bits per heavy atom. The van der Waals surface area contributed by atoms with E-state index in [0.717, 1.165) is 12.8 Å². The minimum atomic E-state index is -4.62. The number of hydrogen-bond acceptors (Lipinski definition) is 2. The Balaban J connectivity index is 0.00000220. The monoisotopic (exact) mass is 326 g/mol. The molecule has 1 aromatic carbocycles. The summed E-state index contributed by atoms with van der Waals surface area (Å²) in [5.41, 5.74) is 3.82. The number of rotatable bonds is 4. The Kier molecular flexibility index (Phi) is 5.58. The Labute approximate surface area is 125 Å². The Bertz CT molecular complexity index is 517. The van der Waals surface area contributed by atoms with Crippen molar-refractivity contribution in [3.05, 3.63) is 35.1 Å². The van der Waals surface area contributed by atoms with Crippen LogP contribution in [0.15, 0.2) is 18.2 Å². The molecule has 1 aliphatic rings. The van der Waals surface area contributed by atoms with Crippen molar-refractivity contribution in [3.63, 3.8) is 0 Å². The lowest BCUT2D eigenvalue weighted by molar-refractivity contribution is -0.137. The van der Waals surface area contributed by atoms with Crippen LogP contribution in [0.5, 0.6) is 0 Å². The summed E-state index contributed by atoms with van der Waals surface area (Å²) in [5, 5.41) is 2.49. The van der Waals surface area contributed by atoms with Crippen LogP contribution in [-0.4, -0.2) is 18.5 Å². The fourth-order valence-electron chi connectivity index (χ4n) is 1.99. The molecule has 1 fully saturated rings. The van der Waals surface area contributed by atoms with Gasteiger partial charge in [0.05, 0.1) is 11.1 Å². The molecular formula is C13H15ClF4N2O. The van der Waals surface area contributed by atoms with Crippen LogP contribution in [0.3, 0.4) is 0 Å². The highest BCUT2D eigenvalue weighted by Crippen LogP contribution is 2.33. The fourth-order valence-corrected chi connectivity index (χ4v) is 1.99. The molecule has 0 spiro atoms. The van der Waals surface area contributed by atoms with Crippen molar-refractivity contribution in [2.45, 2.75) is 25.1 Å². The quantitative estimate of drug-likeness (QED) is 0.836. The maximum atomic E-state index is 13.5. The molecule has 1 saturated carbocycles. The minimum Gasteiger partial charge on any atom is -0.348 e. The molecular weight excluding hydrogens is 312 g/mol. The second kappa shape index (κ2) is 6.62. The summed E-state index contributed by atoms with van der Waals surface area (Å²) in [5.74, 6) is -1.61. The zero-order valence-electron chi connectivity index (χ0n) is 10.9. The number of alkyl halides is 3. The molecule has 3 N–H and O–H groups in total. The van der Waals surface area contributed by atoms with E-state index in [9.17, 15) is 22.4 Å². The zero-order valence-corrected chi connectivity index (χ0v) is 11.7. The van der Waals surface area contributed by atoms with E-state index >= 15 is 0 Å². The van der Waals surface area contributed by atoms with Crippen molar-refractivity contribution in [2.75, 3.05) is 6.54 Å². The van der Waals surface area contributed by atoms with Gasteiger partial charge in [0.25, 0.3) is 5.91 Å². The molecule has 3 nitrogen and oxygen atoms in total. The first kappa shape index (κ1) is 17.7. The molecule has 8 heteroatoms. The van der Waals surface area contributed by atoms with Crippen LogP contribution >= 0.6 is 12.4 Å². The van der Waals surface area contributed by atoms with Gasteiger partial charge in [0.1, 0.15) is 5.82 Å². The average molecular weight is 327 g/mol. The van der Waals surface area contributed by atoms with E-state index in [4.69, 9.17) is 5.73 Å². The van der Waals surface area contributed by atoms with Gasteiger partial charge < -0.3 is 11.1 Å². The molecule has 1 unspecified atom stereocenters. The second-order valence-electron chi connectivity index (χ2n) is 4.85. The topological polar surface area (TPSA) is 55.1 Å². The summed E-state index contributed by atoms with van der Waals surface area (Å²) in [6.45, 7) is 0.178. The van der Waals surface area contributed by atoms with E-state index in [1.807, 2.05) is 0 Å². The summed E-state index contributed by atoms with van der Waals surface area (Å²) < 4.78 is 51.2. The van der Waals surface area contributed by atoms with E-state index in [1.54, 1.807) is 0 Å². The average Bonchev–Trinajstić information content (AvgIpc) is 3.19. The van der Waals surface area contributed by atoms with Gasteiger partial charge in [-0.3, -0.25) is 4.79 Å². The third-order valence-corrected chi connectivity index (χ3v) is 3.30. The maximum Gasteiger partial charge on any atom is 0.416 e. The van der Waals surface area contributed by atoms with Gasteiger partial charge in [0, 0.05) is 12.6 Å². The van der Waals surface area contributed by atoms with Gasteiger partial charge >= 0.3 is 6.18 Å². The minimum absolute atomic E-state index is 0. The van der Waals surface area contributed by atoms with Crippen LogP contribution < -0.4 is 11.1 Å². The van der Waals surface area contributed by atoms with Crippen LogP contribution in [0.4, 0.5) is 17.6 Å². The van der Waals surface area contributed by atoms with Crippen LogP contribution in [0, 0.1) is 11.7 Å². The molecule has 1 atom stereocenters. The Hall–Kier alpha value is -1.34. The third kappa shape index (κ3) is 4.31. The van der Waals surface area contributed by atoms with Crippen LogP contribution in [-0.2, 0) is 6.18 Å². The maximum absolute atomic E-state index is 13.5. The number of benzene rings is 1. The van der Waals surface area contributed by atoms with Crippen molar-refractivity contribution in [2.24, 2.45) is 11.7 Å². The number of amides is 1. The van der Waals surface area contributed by atoms with Crippen molar-refractivity contribution in [1.82, 2.24) is 5.32 Å². The molecule has 0 saturated heterocycles. The molecule has 1 aliphatic carbocycles. The van der Waals surface area contributed by atoms with Gasteiger partial charge in [-0.25, -0.2) is 4.39 Å². The summed E-state index contributed by atoms with van der Waals surface area (Å²) in [6, 6.07) is 1.45. The van der Waals surface area contributed by atoms with Gasteiger partial charge in [-0.05, 0) is 37.0 Å². The molecule has 0 radical (unpaired) electrons. The Morgan fingerprint density at radius 1 is 1.38 bits per heavy atom. The van der Waals surface area contributed by atoms with E-state index in [1.165, 1.54) is 0 Å². The van der Waals surface area contributed by atoms with Crippen molar-refractivity contribution >= 4 is 18.3 Å². The number of hydrogen-bond donors (Lipinski definition) is 2. The third-order valence-electron chi connectivity index (χ3n) is 3.30. The van der Waals surface area contributed by atoms with Gasteiger partial charge in [0.15, 0.2) is 0 Å². The zero-order chi connectivity index (χ0) is 14.9. The van der Waals surface area contributed by atoms with Gasteiger partial charge in [-0.2, -0.15) is 13.2 Å². The smallest absolute Gasteiger partial charge is 0.348 e. The first-order valence-corrected chi connectivity index (χ1v) is 6.20. The summed E-state index contributed by atoms with van der Waals surface area (Å²) >= 11 is 0. The Morgan fingerprint density at radius 2 is 2.00 bits per heavy atom. The molecule has 0 aliphatic heterocycles. The van der Waals surface area contributed by atoms with E-state index in [-0.39, 0.29) is 30.9 Å². The number of carbonyl (C=O) groups is 1. The SMILES string of the molecule is Cl.NCC(NC(=O)c1cc(C(F)(F)F)ccc1F)C1CC1. The van der Waals surface area contributed by atoms with Crippen molar-refractivity contribution < 1.29 is 22.4 Å². The highest BCUT2D eigenvalue weighted by atomic mass is 35.5. The second-order valence-corrected chi connectivity index (χ2v) is 4.85. The highest BCUT2D eigenvalue weighted by Gasteiger charge is 2.34. The predicted molar refractivity (Wildman–Crippen MR) is 71.7 cm³/mol. The molecule has 0 bridgehead atoms. The predicted octanol–water partition coefficient (Wildman–Crippen LogP) is 2.73. The van der Waals surface area contributed by atoms with Crippen molar-refractivity contribution in [1.29, 1.82) is 0 Å². The standard InChI is InChI=1S/C13H14F4N2O.ClH/c14-10-4-3-8(13(15,16)17)5-9(10)12(20)19-11(6-18)7-1-2-7;/h3-5,7,11H,1-2,6,18H2,(H,19,20);1H. The van der Waals surface area contributed by atoms with Gasteiger partial charge in [-0.1, -0.05) is 0 Å². The van der Waals surface area contributed by atoms with Crippen molar-refractivity contribution in [3.8, 4) is 0 Å². The lowest BCUT2D eigenvalue weighted by atomic mass is 10.1. The number of nitrogens with two attached hydrogens (primary N) is 1. The number of carbonyl (C=O) groups excluding carboxylic acids is 1. The molecule has 21 heavy (non-hydrogen) atoms. The lowest BCUT2D eigenvalue weighted by Crippen LogP contribution is -2.42. The number of halogens is 5. The summed E-state index contributed by atoms with van der Waals surface area (Å²) in [4.78, 5) is 11.9.